The Balaban J connectivity index is 0.000000168. The zero-order valence-corrected chi connectivity index (χ0v) is 27.2. The summed E-state index contributed by atoms with van der Waals surface area (Å²) in [6.07, 6.45) is 0. The second-order valence-corrected chi connectivity index (χ2v) is 23.5. The molecule has 0 unspecified atom stereocenters. The molecule has 0 aliphatic rings. The van der Waals surface area contributed by atoms with E-state index in [0.29, 0.717) is 0 Å². The van der Waals surface area contributed by atoms with Gasteiger partial charge in [0.1, 0.15) is 0 Å². The van der Waals surface area contributed by atoms with Crippen molar-refractivity contribution in [3.05, 3.63) is 182 Å². The van der Waals surface area contributed by atoms with Crippen LogP contribution in [0.4, 0.5) is 0 Å². The van der Waals surface area contributed by atoms with Gasteiger partial charge in [0.05, 0.1) is 0 Å². The summed E-state index contributed by atoms with van der Waals surface area (Å²) in [5, 5.41) is 19.8. The fourth-order valence-corrected chi connectivity index (χ4v) is 19.2. The van der Waals surface area contributed by atoms with E-state index in [9.17, 15) is 10.5 Å². The quantitative estimate of drug-likeness (QED) is 0.144. The summed E-state index contributed by atoms with van der Waals surface area (Å²) in [6.45, 7) is 0. The monoisotopic (exact) mass is 676 g/mol. The average Bonchev–Trinajstić information content (AvgIpc) is 3.09. The topological polar surface area (TPSA) is 58.9 Å². The Labute approximate surface area is 252 Å². The fourth-order valence-electron chi connectivity index (χ4n) is 5.35. The van der Waals surface area contributed by atoms with E-state index < -0.39 is 27.2 Å². The van der Waals surface area contributed by atoms with Gasteiger partial charge in [-0.3, -0.25) is 0 Å². The van der Waals surface area contributed by atoms with E-state index >= 15 is 0 Å². The molecular formula is C36H32Ge2O4. The van der Waals surface area contributed by atoms with E-state index in [2.05, 4.69) is 0 Å². The van der Waals surface area contributed by atoms with Crippen molar-refractivity contribution >= 4 is 53.6 Å². The molecule has 42 heavy (non-hydrogen) atoms. The van der Waals surface area contributed by atoms with Crippen LogP contribution in [-0.4, -0.2) is 37.7 Å². The van der Waals surface area contributed by atoms with Gasteiger partial charge in [0.25, 0.3) is 0 Å². The van der Waals surface area contributed by atoms with Crippen LogP contribution >= 0.6 is 0 Å². The average molecular weight is 674 g/mol. The van der Waals surface area contributed by atoms with Gasteiger partial charge < -0.3 is 0 Å². The second kappa shape index (κ2) is 14.4. The Hall–Kier alpha value is -3.75. The van der Waals surface area contributed by atoms with Crippen molar-refractivity contribution in [2.75, 3.05) is 0 Å². The Morgan fingerprint density at radius 3 is 0.524 bits per heavy atom. The summed E-state index contributed by atoms with van der Waals surface area (Å²) in [5.41, 5.74) is 0. The maximum atomic E-state index is 9.92. The second-order valence-electron chi connectivity index (χ2n) is 9.74. The van der Waals surface area contributed by atoms with Gasteiger partial charge in [-0.05, 0) is 0 Å². The minimum absolute atomic E-state index is 1.07. The van der Waals surface area contributed by atoms with Gasteiger partial charge in [-0.2, -0.15) is 0 Å². The molecule has 0 radical (unpaired) electrons. The van der Waals surface area contributed by atoms with E-state index in [-0.39, 0.29) is 0 Å². The molecule has 208 valence electrons. The molecule has 0 saturated carbocycles. The molecule has 6 rings (SSSR count). The van der Waals surface area contributed by atoms with E-state index in [1.165, 1.54) is 0 Å². The molecule has 0 saturated heterocycles. The van der Waals surface area contributed by atoms with Crippen LogP contribution < -0.4 is 26.4 Å². The van der Waals surface area contributed by atoms with Crippen molar-refractivity contribution in [1.29, 1.82) is 0 Å². The summed E-state index contributed by atoms with van der Waals surface area (Å²) >= 11 is -6.96. The third-order valence-electron chi connectivity index (χ3n) is 7.36. The number of hydrogen-bond donors (Lipinski definition) is 2. The molecule has 0 amide bonds. The molecule has 4 nitrogen and oxygen atoms in total. The molecule has 0 bridgehead atoms. The molecule has 0 heterocycles. The molecule has 0 spiro atoms. The summed E-state index contributed by atoms with van der Waals surface area (Å²) in [4.78, 5) is 0. The summed E-state index contributed by atoms with van der Waals surface area (Å²) in [6, 6.07) is 60.1. The Bertz CT molecular complexity index is 1300. The summed E-state index contributed by atoms with van der Waals surface area (Å²) in [5.74, 6) is 0. The van der Waals surface area contributed by atoms with Crippen molar-refractivity contribution in [3.63, 3.8) is 0 Å². The van der Waals surface area contributed by atoms with Crippen LogP contribution in [-0.2, 0) is 7.83 Å². The molecular weight excluding hydrogens is 642 g/mol. The van der Waals surface area contributed by atoms with Crippen LogP contribution in [0, 0.1) is 0 Å². The summed E-state index contributed by atoms with van der Waals surface area (Å²) < 4.78 is 17.0. The third kappa shape index (κ3) is 6.05. The standard InChI is InChI=1S/2C18H16GeO2/c2*20-21-19(16-10-4-1-5-11-16,17-12-6-2-7-13-17)18-14-8-3-9-15-18/h2*1-15,20H. The first-order chi connectivity index (χ1) is 20.8. The molecule has 6 aromatic rings. The maximum absolute atomic E-state index is 9.92. The molecule has 6 aromatic carbocycles. The van der Waals surface area contributed by atoms with Crippen LogP contribution in [0.1, 0.15) is 0 Å². The number of benzene rings is 6. The predicted octanol–water partition coefficient (Wildman–Crippen LogP) is 4.29. The number of hydrogen-bond acceptors (Lipinski definition) is 4. The van der Waals surface area contributed by atoms with Crippen molar-refractivity contribution in [2.45, 2.75) is 0 Å². The van der Waals surface area contributed by atoms with Crippen molar-refractivity contribution in [2.24, 2.45) is 0 Å². The van der Waals surface area contributed by atoms with Crippen LogP contribution in [0.25, 0.3) is 0 Å². The Kier molecular flexibility index (Phi) is 10.2. The fraction of sp³-hybridized carbons (Fsp3) is 0. The SMILES string of the molecule is O[O][Ge]([c]1ccccc1)([c]1ccccc1)[c]1ccccc1.O[O][Ge]([c]1ccccc1)([c]1ccccc1)[c]1ccccc1. The van der Waals surface area contributed by atoms with Gasteiger partial charge in [0.15, 0.2) is 0 Å². The van der Waals surface area contributed by atoms with Crippen LogP contribution in [0.15, 0.2) is 182 Å². The first kappa shape index (κ1) is 29.7. The minimum atomic E-state index is -3.48. The first-order valence-electron chi connectivity index (χ1n) is 13.7. The van der Waals surface area contributed by atoms with Crippen molar-refractivity contribution in [1.82, 2.24) is 0 Å². The zero-order chi connectivity index (χ0) is 29.1. The van der Waals surface area contributed by atoms with E-state index in [0.717, 1.165) is 26.4 Å². The van der Waals surface area contributed by atoms with Gasteiger partial charge in [-0.1, -0.05) is 0 Å². The van der Waals surface area contributed by atoms with Gasteiger partial charge in [-0.25, -0.2) is 0 Å². The first-order valence-corrected chi connectivity index (χ1v) is 21.7. The van der Waals surface area contributed by atoms with Gasteiger partial charge in [-0.15, -0.1) is 0 Å². The van der Waals surface area contributed by atoms with Gasteiger partial charge in [0, 0.05) is 0 Å². The van der Waals surface area contributed by atoms with E-state index in [1.54, 1.807) is 0 Å². The van der Waals surface area contributed by atoms with E-state index in [1.807, 2.05) is 182 Å². The zero-order valence-electron chi connectivity index (χ0n) is 23.0. The van der Waals surface area contributed by atoms with Crippen LogP contribution in [0.2, 0.25) is 0 Å². The van der Waals surface area contributed by atoms with E-state index in [4.69, 9.17) is 7.83 Å². The van der Waals surface area contributed by atoms with Gasteiger partial charge in [0.2, 0.25) is 0 Å². The molecule has 0 aromatic heterocycles. The Morgan fingerprint density at radius 1 is 0.262 bits per heavy atom. The van der Waals surface area contributed by atoms with Gasteiger partial charge >= 0.3 is 254 Å². The molecule has 0 fully saturated rings. The number of rotatable bonds is 8. The van der Waals surface area contributed by atoms with Crippen molar-refractivity contribution < 1.29 is 18.3 Å². The summed E-state index contributed by atoms with van der Waals surface area (Å²) in [7, 11) is 0. The normalized spacial score (nSPS) is 11.3. The van der Waals surface area contributed by atoms with Crippen LogP contribution in [0.3, 0.4) is 0 Å². The third-order valence-corrected chi connectivity index (χ3v) is 22.9. The Morgan fingerprint density at radius 2 is 0.405 bits per heavy atom. The van der Waals surface area contributed by atoms with Crippen molar-refractivity contribution in [3.8, 4) is 0 Å². The molecule has 0 aliphatic heterocycles. The van der Waals surface area contributed by atoms with Crippen LogP contribution in [0.5, 0.6) is 0 Å². The molecule has 0 atom stereocenters. The molecule has 0 aliphatic carbocycles. The molecule has 6 heteroatoms. The molecule has 2 N–H and O–H groups in total. The predicted molar refractivity (Wildman–Crippen MR) is 175 cm³/mol.